The molecule has 5 nitrogen and oxygen atoms in total. The largest absolute Gasteiger partial charge is 0.478 e. The van der Waals surface area contributed by atoms with Crippen molar-refractivity contribution in [1.29, 1.82) is 0 Å². The Morgan fingerprint density at radius 1 is 0.850 bits per heavy atom. The van der Waals surface area contributed by atoms with E-state index in [1.165, 1.54) is 6.07 Å². The summed E-state index contributed by atoms with van der Waals surface area (Å²) < 4.78 is 0. The first-order valence-corrected chi connectivity index (χ1v) is 13.4. The number of halogens is 1. The monoisotopic (exact) mass is 544 g/mol. The fourth-order valence-corrected chi connectivity index (χ4v) is 5.51. The first-order chi connectivity index (χ1) is 19.4. The van der Waals surface area contributed by atoms with Crippen LogP contribution in [0.3, 0.4) is 0 Å². The van der Waals surface area contributed by atoms with Crippen molar-refractivity contribution in [3.8, 4) is 22.5 Å². The van der Waals surface area contributed by atoms with Gasteiger partial charge in [0.1, 0.15) is 5.82 Å². The number of aromatic amines is 1. The summed E-state index contributed by atoms with van der Waals surface area (Å²) in [5.74, 6) is -0.673. The summed E-state index contributed by atoms with van der Waals surface area (Å²) in [4.78, 5) is 33.9. The first-order valence-electron chi connectivity index (χ1n) is 13.0. The van der Waals surface area contributed by atoms with Crippen LogP contribution in [-0.4, -0.2) is 26.8 Å². The number of aromatic carboxylic acids is 1. The van der Waals surface area contributed by atoms with Gasteiger partial charge in [0.25, 0.3) is 0 Å². The molecule has 0 saturated heterocycles. The van der Waals surface area contributed by atoms with Crippen molar-refractivity contribution in [3.05, 3.63) is 125 Å². The molecule has 0 aliphatic carbocycles. The van der Waals surface area contributed by atoms with Crippen LogP contribution in [-0.2, 0) is 0 Å². The van der Waals surface area contributed by atoms with Crippen molar-refractivity contribution < 1.29 is 14.7 Å². The van der Waals surface area contributed by atoms with E-state index in [1.807, 2.05) is 61.5 Å². The molecule has 0 unspecified atom stereocenters. The lowest BCUT2D eigenvalue weighted by atomic mass is 9.88. The number of carboxylic acids is 1. The summed E-state index contributed by atoms with van der Waals surface area (Å²) in [6, 6.07) is 32.1. The molecular weight excluding hydrogens is 520 g/mol. The van der Waals surface area contributed by atoms with E-state index in [9.17, 15) is 14.7 Å². The predicted octanol–water partition coefficient (Wildman–Crippen LogP) is 8.78. The Bertz CT molecular complexity index is 1890. The summed E-state index contributed by atoms with van der Waals surface area (Å²) in [5.41, 5.74) is 4.96. The van der Waals surface area contributed by atoms with Gasteiger partial charge in [0.15, 0.2) is 5.78 Å². The van der Waals surface area contributed by atoms with Gasteiger partial charge in [-0.1, -0.05) is 85.3 Å². The molecule has 0 amide bonds. The quantitative estimate of drug-likeness (QED) is 0.197. The second-order valence-electron chi connectivity index (χ2n) is 9.95. The third-order valence-corrected chi connectivity index (χ3v) is 7.57. The number of rotatable bonds is 7. The van der Waals surface area contributed by atoms with Gasteiger partial charge in [-0.3, -0.25) is 4.79 Å². The van der Waals surface area contributed by atoms with Crippen LogP contribution in [0.15, 0.2) is 103 Å². The number of fused-ring (bicyclic) bond motifs is 2. The van der Waals surface area contributed by atoms with E-state index in [4.69, 9.17) is 16.6 Å². The molecule has 0 saturated carbocycles. The standard InChI is InChI=1S/C34H25ClN2O3/c1-20(24-10-6-8-21-7-2-3-9-25(21)24)17-32(38)22-13-15-26(29(18-22)34(39)40)28-19-23(35)14-16-27(28)33-36-30-11-4-5-12-31(30)37-33/h2-16,18-20H,17H2,1H3,(H,36,37)(H,39,40)/t20-/m0/s1. The molecule has 40 heavy (non-hydrogen) atoms. The van der Waals surface area contributed by atoms with E-state index in [0.29, 0.717) is 33.1 Å². The Kier molecular flexibility index (Phi) is 6.66. The summed E-state index contributed by atoms with van der Waals surface area (Å²) in [6.07, 6.45) is 0.258. The Morgan fingerprint density at radius 3 is 2.42 bits per heavy atom. The van der Waals surface area contributed by atoms with Gasteiger partial charge in [-0.05, 0) is 69.8 Å². The molecule has 0 bridgehead atoms. The third-order valence-electron chi connectivity index (χ3n) is 7.33. The number of Topliss-reactive ketones (excluding diaryl/α,β-unsaturated/α-hetero) is 1. The number of carbonyl (C=O) groups excluding carboxylic acids is 1. The van der Waals surface area contributed by atoms with Crippen molar-refractivity contribution in [2.45, 2.75) is 19.3 Å². The van der Waals surface area contributed by atoms with Crippen molar-refractivity contribution in [2.24, 2.45) is 0 Å². The molecule has 1 atom stereocenters. The lowest BCUT2D eigenvalue weighted by Crippen LogP contribution is -2.08. The van der Waals surface area contributed by atoms with Crippen molar-refractivity contribution >= 4 is 45.2 Å². The molecule has 5 aromatic carbocycles. The normalized spacial score (nSPS) is 12.1. The van der Waals surface area contributed by atoms with Gasteiger partial charge >= 0.3 is 5.97 Å². The Morgan fingerprint density at radius 2 is 1.60 bits per heavy atom. The highest BCUT2D eigenvalue weighted by Crippen LogP contribution is 2.37. The summed E-state index contributed by atoms with van der Waals surface area (Å²) in [6.45, 7) is 2.03. The van der Waals surface area contributed by atoms with Gasteiger partial charge in [0.2, 0.25) is 0 Å². The Balaban J connectivity index is 1.37. The van der Waals surface area contributed by atoms with E-state index in [-0.39, 0.29) is 23.7 Å². The zero-order valence-electron chi connectivity index (χ0n) is 21.7. The highest BCUT2D eigenvalue weighted by molar-refractivity contribution is 6.31. The lowest BCUT2D eigenvalue weighted by Gasteiger charge is -2.16. The number of imidazole rings is 1. The fraction of sp³-hybridized carbons (Fsp3) is 0.0882. The highest BCUT2D eigenvalue weighted by atomic mass is 35.5. The van der Waals surface area contributed by atoms with E-state index in [1.54, 1.807) is 24.3 Å². The minimum absolute atomic E-state index is 0.0308. The number of carbonyl (C=O) groups is 2. The van der Waals surface area contributed by atoms with Crippen molar-refractivity contribution in [1.82, 2.24) is 9.97 Å². The van der Waals surface area contributed by atoms with E-state index in [2.05, 4.69) is 23.2 Å². The van der Waals surface area contributed by atoms with Crippen LogP contribution >= 0.6 is 11.6 Å². The number of nitrogens with zero attached hydrogens (tertiary/aromatic N) is 1. The minimum Gasteiger partial charge on any atom is -0.478 e. The molecule has 0 aliphatic heterocycles. The topological polar surface area (TPSA) is 83.0 Å². The maximum absolute atomic E-state index is 13.4. The number of aromatic nitrogens is 2. The summed E-state index contributed by atoms with van der Waals surface area (Å²) in [5, 5.41) is 12.9. The van der Waals surface area contributed by atoms with E-state index < -0.39 is 5.97 Å². The average Bonchev–Trinajstić information content (AvgIpc) is 3.40. The van der Waals surface area contributed by atoms with Crippen LogP contribution in [0.1, 0.15) is 45.5 Å². The van der Waals surface area contributed by atoms with Gasteiger partial charge in [0.05, 0.1) is 16.6 Å². The van der Waals surface area contributed by atoms with Crippen LogP contribution < -0.4 is 0 Å². The van der Waals surface area contributed by atoms with Crippen LogP contribution in [0, 0.1) is 0 Å². The lowest BCUT2D eigenvalue weighted by molar-refractivity contribution is 0.0697. The van der Waals surface area contributed by atoms with Crippen LogP contribution in [0.25, 0.3) is 44.3 Å². The van der Waals surface area contributed by atoms with Crippen molar-refractivity contribution in [2.75, 3.05) is 0 Å². The van der Waals surface area contributed by atoms with E-state index >= 15 is 0 Å². The molecule has 0 fully saturated rings. The number of H-pyrrole nitrogens is 1. The Hall–Kier alpha value is -4.74. The second kappa shape index (κ2) is 10.4. The molecule has 0 spiro atoms. The number of carboxylic acid groups (broad SMARTS) is 1. The number of hydrogen-bond acceptors (Lipinski definition) is 3. The Labute approximate surface area is 236 Å². The number of ketones is 1. The molecule has 0 radical (unpaired) electrons. The van der Waals surface area contributed by atoms with Gasteiger partial charge in [0, 0.05) is 22.6 Å². The first kappa shape index (κ1) is 25.5. The molecule has 0 aliphatic rings. The van der Waals surface area contributed by atoms with Gasteiger partial charge in [-0.15, -0.1) is 0 Å². The molecule has 196 valence electrons. The smallest absolute Gasteiger partial charge is 0.336 e. The summed E-state index contributed by atoms with van der Waals surface area (Å²) >= 11 is 6.37. The SMILES string of the molecule is C[C@@H](CC(=O)c1ccc(-c2cc(Cl)ccc2-c2nc3ccccc3[nH]2)c(C(=O)O)c1)c1cccc2ccccc12. The number of para-hydroxylation sites is 2. The van der Waals surface area contributed by atoms with Crippen LogP contribution in [0.5, 0.6) is 0 Å². The molecule has 6 aromatic rings. The number of nitrogens with one attached hydrogen (secondary N) is 1. The third kappa shape index (κ3) is 4.76. The zero-order chi connectivity index (χ0) is 27.8. The van der Waals surface area contributed by atoms with Crippen LogP contribution in [0.4, 0.5) is 0 Å². The maximum atomic E-state index is 13.4. The fourth-order valence-electron chi connectivity index (χ4n) is 5.34. The number of hydrogen-bond donors (Lipinski definition) is 2. The zero-order valence-corrected chi connectivity index (χ0v) is 22.4. The van der Waals surface area contributed by atoms with Gasteiger partial charge < -0.3 is 10.1 Å². The summed E-state index contributed by atoms with van der Waals surface area (Å²) in [7, 11) is 0. The average molecular weight is 545 g/mol. The van der Waals surface area contributed by atoms with Gasteiger partial charge in [-0.25, -0.2) is 9.78 Å². The van der Waals surface area contributed by atoms with Crippen LogP contribution in [0.2, 0.25) is 5.02 Å². The predicted molar refractivity (Wildman–Crippen MR) is 160 cm³/mol. The molecule has 1 aromatic heterocycles. The molecule has 6 heteroatoms. The highest BCUT2D eigenvalue weighted by Gasteiger charge is 2.21. The number of benzene rings is 5. The van der Waals surface area contributed by atoms with E-state index in [0.717, 1.165) is 27.4 Å². The molecular formula is C34H25ClN2O3. The molecule has 2 N–H and O–H groups in total. The maximum Gasteiger partial charge on any atom is 0.336 e. The second-order valence-corrected chi connectivity index (χ2v) is 10.4. The van der Waals surface area contributed by atoms with Crippen molar-refractivity contribution in [3.63, 3.8) is 0 Å². The molecule has 1 heterocycles. The minimum atomic E-state index is -1.12. The molecule has 6 rings (SSSR count). The van der Waals surface area contributed by atoms with Gasteiger partial charge in [-0.2, -0.15) is 0 Å².